The number of para-hydroxylation sites is 1. The van der Waals surface area contributed by atoms with Crippen molar-refractivity contribution in [3.63, 3.8) is 0 Å². The molecule has 3 rings (SSSR count). The number of H-pyrrole nitrogens is 1. The van der Waals surface area contributed by atoms with Crippen LogP contribution in [0, 0.1) is 5.92 Å². The van der Waals surface area contributed by atoms with Crippen LogP contribution in [0.4, 0.5) is 0 Å². The Hall–Kier alpha value is -1.06. The lowest BCUT2D eigenvalue weighted by molar-refractivity contribution is 0.302. The van der Waals surface area contributed by atoms with Gasteiger partial charge in [0, 0.05) is 0 Å². The number of hydrogen-bond donors (Lipinski definition) is 2. The predicted molar refractivity (Wildman–Crippen MR) is 74.6 cm³/mol. The number of nitrogens with zero attached hydrogens (tertiary/aromatic N) is 1. The van der Waals surface area contributed by atoms with Gasteiger partial charge in [0.05, 0.1) is 16.6 Å². The van der Waals surface area contributed by atoms with Gasteiger partial charge in [-0.25, -0.2) is 4.98 Å². The summed E-state index contributed by atoms with van der Waals surface area (Å²) >= 11 is 6.14. The molecular weight excluding hydrogens is 246 g/mol. The highest BCUT2D eigenvalue weighted by molar-refractivity contribution is 6.34. The second-order valence-electron chi connectivity index (χ2n) is 5.18. The van der Waals surface area contributed by atoms with Crippen LogP contribution in [-0.4, -0.2) is 9.97 Å². The Morgan fingerprint density at radius 3 is 2.78 bits per heavy atom. The third-order valence-corrected chi connectivity index (χ3v) is 4.26. The normalized spacial score (nSPS) is 19.2. The second-order valence-corrected chi connectivity index (χ2v) is 5.59. The topological polar surface area (TPSA) is 54.7 Å². The van der Waals surface area contributed by atoms with Crippen LogP contribution in [0.15, 0.2) is 18.2 Å². The van der Waals surface area contributed by atoms with Gasteiger partial charge in [0.2, 0.25) is 0 Å². The fourth-order valence-electron chi connectivity index (χ4n) is 2.89. The molecule has 0 bridgehead atoms. The molecule has 1 aromatic carbocycles. The lowest BCUT2D eigenvalue weighted by atomic mass is 9.84. The number of hydrogen-bond acceptors (Lipinski definition) is 2. The van der Waals surface area contributed by atoms with Crippen molar-refractivity contribution in [1.82, 2.24) is 9.97 Å². The Balaban J connectivity index is 1.91. The van der Waals surface area contributed by atoms with Gasteiger partial charge in [-0.15, -0.1) is 0 Å². The van der Waals surface area contributed by atoms with Crippen molar-refractivity contribution in [2.75, 3.05) is 0 Å². The summed E-state index contributed by atoms with van der Waals surface area (Å²) in [7, 11) is 0. The van der Waals surface area contributed by atoms with Crippen molar-refractivity contribution in [2.24, 2.45) is 11.7 Å². The minimum absolute atomic E-state index is 0.00812. The zero-order chi connectivity index (χ0) is 12.5. The van der Waals surface area contributed by atoms with Crippen LogP contribution >= 0.6 is 11.6 Å². The molecule has 0 saturated heterocycles. The van der Waals surface area contributed by atoms with Crippen LogP contribution in [0.3, 0.4) is 0 Å². The predicted octanol–water partition coefficient (Wildman–Crippen LogP) is 3.80. The Morgan fingerprint density at radius 1 is 1.28 bits per heavy atom. The van der Waals surface area contributed by atoms with Crippen molar-refractivity contribution in [3.8, 4) is 0 Å². The van der Waals surface area contributed by atoms with Crippen molar-refractivity contribution < 1.29 is 0 Å². The number of aromatic amines is 1. The van der Waals surface area contributed by atoms with Crippen molar-refractivity contribution in [2.45, 2.75) is 38.1 Å². The SMILES string of the molecule is NC(c1nc2c(Cl)cccc2[nH]1)C1CCCCC1. The van der Waals surface area contributed by atoms with E-state index in [4.69, 9.17) is 17.3 Å². The van der Waals surface area contributed by atoms with Crippen LogP contribution in [0.2, 0.25) is 5.02 Å². The van der Waals surface area contributed by atoms with E-state index >= 15 is 0 Å². The molecule has 1 aliphatic carbocycles. The van der Waals surface area contributed by atoms with Gasteiger partial charge in [-0.3, -0.25) is 0 Å². The van der Waals surface area contributed by atoms with Gasteiger partial charge in [0.25, 0.3) is 0 Å². The largest absolute Gasteiger partial charge is 0.341 e. The number of rotatable bonds is 2. The third kappa shape index (κ3) is 2.13. The molecule has 1 aromatic heterocycles. The molecule has 18 heavy (non-hydrogen) atoms. The number of imidazole rings is 1. The van der Waals surface area contributed by atoms with Crippen LogP contribution in [0.1, 0.15) is 44.0 Å². The van der Waals surface area contributed by atoms with Gasteiger partial charge in [0.15, 0.2) is 0 Å². The first-order valence-electron chi connectivity index (χ1n) is 6.65. The molecule has 3 nitrogen and oxygen atoms in total. The fourth-order valence-corrected chi connectivity index (χ4v) is 3.11. The van der Waals surface area contributed by atoms with Gasteiger partial charge in [-0.1, -0.05) is 36.9 Å². The number of nitrogens with two attached hydrogens (primary N) is 1. The van der Waals surface area contributed by atoms with Gasteiger partial charge < -0.3 is 10.7 Å². The molecule has 1 saturated carbocycles. The zero-order valence-corrected chi connectivity index (χ0v) is 11.1. The molecule has 0 amide bonds. The van der Waals surface area contributed by atoms with Gasteiger partial charge in [-0.05, 0) is 30.9 Å². The van der Waals surface area contributed by atoms with Gasteiger partial charge >= 0.3 is 0 Å². The maximum absolute atomic E-state index is 6.35. The number of halogens is 1. The van der Waals surface area contributed by atoms with E-state index in [9.17, 15) is 0 Å². The molecular formula is C14H18ClN3. The second kappa shape index (κ2) is 4.90. The summed E-state index contributed by atoms with van der Waals surface area (Å²) in [6.45, 7) is 0. The highest BCUT2D eigenvalue weighted by Gasteiger charge is 2.24. The summed E-state index contributed by atoms with van der Waals surface area (Å²) in [5, 5.41) is 0.686. The van der Waals surface area contributed by atoms with E-state index < -0.39 is 0 Å². The molecule has 0 spiro atoms. The van der Waals surface area contributed by atoms with Crippen LogP contribution in [0.5, 0.6) is 0 Å². The van der Waals surface area contributed by atoms with Gasteiger partial charge in [-0.2, -0.15) is 0 Å². The van der Waals surface area contributed by atoms with Crippen molar-refractivity contribution in [3.05, 3.63) is 29.0 Å². The molecule has 1 unspecified atom stereocenters. The number of fused-ring (bicyclic) bond motifs is 1. The summed E-state index contributed by atoms with van der Waals surface area (Å²) in [5.41, 5.74) is 8.16. The maximum atomic E-state index is 6.35. The molecule has 1 aliphatic rings. The molecule has 3 N–H and O–H groups in total. The van der Waals surface area contributed by atoms with E-state index in [1.807, 2.05) is 18.2 Å². The van der Waals surface area contributed by atoms with Crippen LogP contribution in [-0.2, 0) is 0 Å². The number of nitrogens with one attached hydrogen (secondary N) is 1. The van der Waals surface area contributed by atoms with Crippen LogP contribution < -0.4 is 5.73 Å². The van der Waals surface area contributed by atoms with E-state index in [0.29, 0.717) is 10.9 Å². The first-order valence-corrected chi connectivity index (χ1v) is 7.03. The first kappa shape index (κ1) is 12.0. The Labute approximate surface area is 112 Å². The van der Waals surface area contributed by atoms with E-state index in [-0.39, 0.29) is 6.04 Å². The zero-order valence-electron chi connectivity index (χ0n) is 10.3. The smallest absolute Gasteiger partial charge is 0.124 e. The Kier molecular flexibility index (Phi) is 3.27. The van der Waals surface area contributed by atoms with Gasteiger partial charge in [0.1, 0.15) is 11.3 Å². The molecule has 96 valence electrons. The average Bonchev–Trinajstić information content (AvgIpc) is 2.84. The highest BCUT2D eigenvalue weighted by Crippen LogP contribution is 2.33. The van der Waals surface area contributed by atoms with E-state index in [2.05, 4.69) is 9.97 Å². The summed E-state index contributed by atoms with van der Waals surface area (Å²) < 4.78 is 0. The molecule has 4 heteroatoms. The van der Waals surface area contributed by atoms with Crippen LogP contribution in [0.25, 0.3) is 11.0 Å². The summed E-state index contributed by atoms with van der Waals surface area (Å²) in [6.07, 6.45) is 6.35. The summed E-state index contributed by atoms with van der Waals surface area (Å²) in [5.74, 6) is 1.43. The monoisotopic (exact) mass is 263 g/mol. The molecule has 0 radical (unpaired) electrons. The molecule has 1 fully saturated rings. The van der Waals surface area contributed by atoms with E-state index in [0.717, 1.165) is 16.9 Å². The summed E-state index contributed by atoms with van der Waals surface area (Å²) in [4.78, 5) is 7.89. The quantitative estimate of drug-likeness (QED) is 0.866. The first-order chi connectivity index (χ1) is 8.75. The minimum atomic E-state index is 0.00812. The molecule has 0 aliphatic heterocycles. The Morgan fingerprint density at radius 2 is 2.06 bits per heavy atom. The van der Waals surface area contributed by atoms with Crippen molar-refractivity contribution in [1.29, 1.82) is 0 Å². The van der Waals surface area contributed by atoms with E-state index in [1.165, 1.54) is 32.1 Å². The number of aromatic nitrogens is 2. The summed E-state index contributed by atoms with van der Waals surface area (Å²) in [6, 6.07) is 5.79. The Bertz CT molecular complexity index is 543. The number of benzene rings is 1. The van der Waals surface area contributed by atoms with E-state index in [1.54, 1.807) is 0 Å². The van der Waals surface area contributed by atoms with Crippen molar-refractivity contribution >= 4 is 22.6 Å². The molecule has 1 atom stereocenters. The minimum Gasteiger partial charge on any atom is -0.341 e. The standard InChI is InChI=1S/C14H18ClN3/c15-10-7-4-8-11-13(10)18-14(17-11)12(16)9-5-2-1-3-6-9/h4,7-9,12H,1-3,5-6,16H2,(H,17,18). The third-order valence-electron chi connectivity index (χ3n) is 3.96. The molecule has 2 aromatic rings. The lowest BCUT2D eigenvalue weighted by Gasteiger charge is -2.26. The maximum Gasteiger partial charge on any atom is 0.124 e. The highest BCUT2D eigenvalue weighted by atomic mass is 35.5. The molecule has 1 heterocycles. The lowest BCUT2D eigenvalue weighted by Crippen LogP contribution is -2.24. The fraction of sp³-hybridized carbons (Fsp3) is 0.500. The average molecular weight is 264 g/mol.